The molecule has 7 nitrogen and oxygen atoms in total. The molecule has 23 heavy (non-hydrogen) atoms. The summed E-state index contributed by atoms with van der Waals surface area (Å²) in [5.74, 6) is 0.748. The maximum atomic E-state index is 12.1. The lowest BCUT2D eigenvalue weighted by atomic mass is 10.2. The number of nitrogens with zero attached hydrogens (tertiary/aromatic N) is 1. The van der Waals surface area contributed by atoms with Crippen molar-refractivity contribution >= 4 is 23.2 Å². The quantitative estimate of drug-likeness (QED) is 0.384. The topological polar surface area (TPSA) is 74.9 Å². The number of carbonyl (C=O) groups excluding carboxylic acids is 1. The molecule has 0 saturated heterocycles. The van der Waals surface area contributed by atoms with E-state index in [0.29, 0.717) is 22.2 Å². The van der Waals surface area contributed by atoms with Crippen LogP contribution in [0.15, 0.2) is 18.2 Å². The summed E-state index contributed by atoms with van der Waals surface area (Å²) < 4.78 is 10.3. The van der Waals surface area contributed by atoms with Gasteiger partial charge in [-0.25, -0.2) is 0 Å². The Labute approximate surface area is 142 Å². The molecule has 0 saturated carbocycles. The molecular formula is C15H24N4O3S. The number of hydrogen-bond donors (Lipinski definition) is 3. The molecule has 1 aromatic rings. The molecule has 0 aliphatic heterocycles. The molecule has 0 fully saturated rings. The summed E-state index contributed by atoms with van der Waals surface area (Å²) in [6.07, 6.45) is 0.954. The van der Waals surface area contributed by atoms with Crippen LogP contribution in [0.2, 0.25) is 0 Å². The molecule has 128 valence electrons. The highest BCUT2D eigenvalue weighted by atomic mass is 32.1. The second-order valence-corrected chi connectivity index (χ2v) is 5.50. The predicted molar refractivity (Wildman–Crippen MR) is 93.9 cm³/mol. The molecule has 0 spiro atoms. The number of carbonyl (C=O) groups is 1. The van der Waals surface area contributed by atoms with Crippen molar-refractivity contribution in [1.29, 1.82) is 0 Å². The van der Waals surface area contributed by atoms with Crippen LogP contribution in [0, 0.1) is 0 Å². The van der Waals surface area contributed by atoms with Crippen LogP contribution in [-0.2, 0) is 0 Å². The van der Waals surface area contributed by atoms with Crippen LogP contribution in [0.25, 0.3) is 0 Å². The molecule has 3 N–H and O–H groups in total. The minimum atomic E-state index is -0.334. The van der Waals surface area contributed by atoms with Gasteiger partial charge in [0.15, 0.2) is 5.11 Å². The first-order valence-electron chi connectivity index (χ1n) is 7.18. The monoisotopic (exact) mass is 340 g/mol. The molecule has 0 aliphatic carbocycles. The number of rotatable bonds is 7. The molecule has 1 aromatic carbocycles. The average Bonchev–Trinajstić information content (AvgIpc) is 2.55. The van der Waals surface area contributed by atoms with Crippen LogP contribution in [0.4, 0.5) is 0 Å². The minimum Gasteiger partial charge on any atom is -0.497 e. The Balaban J connectivity index is 2.45. The molecule has 0 atom stereocenters. The number of hydrazine groups is 1. The van der Waals surface area contributed by atoms with Gasteiger partial charge in [0.2, 0.25) is 0 Å². The second kappa shape index (κ2) is 9.86. The molecule has 0 bridgehead atoms. The molecular weight excluding hydrogens is 316 g/mol. The van der Waals surface area contributed by atoms with E-state index in [4.69, 9.17) is 21.7 Å². The lowest BCUT2D eigenvalue weighted by Crippen LogP contribution is -2.47. The Kier molecular flexibility index (Phi) is 8.14. The number of benzene rings is 1. The van der Waals surface area contributed by atoms with E-state index in [0.717, 1.165) is 19.5 Å². The van der Waals surface area contributed by atoms with Crippen LogP contribution in [0.1, 0.15) is 16.8 Å². The lowest BCUT2D eigenvalue weighted by Gasteiger charge is -2.13. The molecule has 0 aromatic heterocycles. The third-order valence-electron chi connectivity index (χ3n) is 2.97. The summed E-state index contributed by atoms with van der Waals surface area (Å²) in [4.78, 5) is 14.2. The fraction of sp³-hybridized carbons (Fsp3) is 0.467. The Morgan fingerprint density at radius 2 is 1.74 bits per heavy atom. The lowest BCUT2D eigenvalue weighted by molar-refractivity contribution is 0.0943. The zero-order chi connectivity index (χ0) is 17.2. The minimum absolute atomic E-state index is 0.334. The molecule has 0 aliphatic rings. The summed E-state index contributed by atoms with van der Waals surface area (Å²) in [7, 11) is 7.08. The van der Waals surface area contributed by atoms with Gasteiger partial charge in [-0.2, -0.15) is 0 Å². The van der Waals surface area contributed by atoms with E-state index >= 15 is 0 Å². The van der Waals surface area contributed by atoms with E-state index in [-0.39, 0.29) is 5.91 Å². The van der Waals surface area contributed by atoms with Crippen LogP contribution < -0.4 is 25.6 Å². The number of ether oxygens (including phenoxy) is 2. The maximum Gasteiger partial charge on any atom is 0.269 e. The van der Waals surface area contributed by atoms with Crippen molar-refractivity contribution in [2.24, 2.45) is 0 Å². The molecule has 0 heterocycles. The number of amides is 1. The Morgan fingerprint density at radius 3 is 2.26 bits per heavy atom. The van der Waals surface area contributed by atoms with Gasteiger partial charge in [-0.3, -0.25) is 15.6 Å². The maximum absolute atomic E-state index is 12.1. The van der Waals surface area contributed by atoms with E-state index in [2.05, 4.69) is 21.1 Å². The third kappa shape index (κ3) is 7.16. The highest BCUT2D eigenvalue weighted by Crippen LogP contribution is 2.22. The van der Waals surface area contributed by atoms with Gasteiger partial charge >= 0.3 is 0 Å². The molecule has 1 rings (SSSR count). The second-order valence-electron chi connectivity index (χ2n) is 5.09. The number of hydrogen-bond acceptors (Lipinski definition) is 5. The van der Waals surface area contributed by atoms with Gasteiger partial charge in [0.05, 0.1) is 14.2 Å². The standard InChI is InChI=1S/C15H24N4O3S/c1-19(2)7-5-6-16-15(23)18-17-14(20)11-8-12(21-3)10-13(9-11)22-4/h8-10H,5-7H2,1-4H3,(H,17,20)(H2,16,18,23). The summed E-state index contributed by atoms with van der Waals surface area (Å²) >= 11 is 5.10. The smallest absolute Gasteiger partial charge is 0.269 e. The van der Waals surface area contributed by atoms with Gasteiger partial charge in [-0.05, 0) is 51.4 Å². The fourth-order valence-corrected chi connectivity index (χ4v) is 1.92. The zero-order valence-electron chi connectivity index (χ0n) is 13.9. The molecule has 1 amide bonds. The van der Waals surface area contributed by atoms with Crippen LogP contribution >= 0.6 is 12.2 Å². The Hall–Kier alpha value is -2.06. The van der Waals surface area contributed by atoms with Crippen molar-refractivity contribution in [3.63, 3.8) is 0 Å². The first-order valence-corrected chi connectivity index (χ1v) is 7.59. The Bertz CT molecular complexity index is 515. The van der Waals surface area contributed by atoms with E-state index < -0.39 is 0 Å². The molecule has 0 radical (unpaired) electrons. The first kappa shape index (κ1) is 19.0. The Morgan fingerprint density at radius 1 is 1.13 bits per heavy atom. The zero-order valence-corrected chi connectivity index (χ0v) is 14.8. The van der Waals surface area contributed by atoms with Crippen LogP contribution in [-0.4, -0.2) is 57.3 Å². The van der Waals surface area contributed by atoms with Crippen molar-refractivity contribution in [2.45, 2.75) is 6.42 Å². The van der Waals surface area contributed by atoms with Gasteiger partial charge in [0.1, 0.15) is 11.5 Å². The number of thiocarbonyl (C=S) groups is 1. The van der Waals surface area contributed by atoms with E-state index in [1.807, 2.05) is 14.1 Å². The fourth-order valence-electron chi connectivity index (χ4n) is 1.77. The van der Waals surface area contributed by atoms with Gasteiger partial charge in [-0.15, -0.1) is 0 Å². The highest BCUT2D eigenvalue weighted by Gasteiger charge is 2.10. The third-order valence-corrected chi connectivity index (χ3v) is 3.22. The molecule has 8 heteroatoms. The normalized spacial score (nSPS) is 10.1. The average molecular weight is 340 g/mol. The molecule has 0 unspecified atom stereocenters. The van der Waals surface area contributed by atoms with Crippen molar-refractivity contribution < 1.29 is 14.3 Å². The predicted octanol–water partition coefficient (Wildman–Crippen LogP) is 0.764. The SMILES string of the molecule is COc1cc(OC)cc(C(=O)NNC(=S)NCCCN(C)C)c1. The summed E-state index contributed by atoms with van der Waals surface area (Å²) in [6.45, 7) is 1.69. The van der Waals surface area contributed by atoms with Gasteiger partial charge in [-0.1, -0.05) is 0 Å². The van der Waals surface area contributed by atoms with Crippen molar-refractivity contribution in [2.75, 3.05) is 41.4 Å². The van der Waals surface area contributed by atoms with Gasteiger partial charge in [0.25, 0.3) is 5.91 Å². The largest absolute Gasteiger partial charge is 0.497 e. The highest BCUT2D eigenvalue weighted by molar-refractivity contribution is 7.80. The van der Waals surface area contributed by atoms with E-state index in [1.165, 1.54) is 14.2 Å². The van der Waals surface area contributed by atoms with Crippen molar-refractivity contribution in [3.8, 4) is 11.5 Å². The van der Waals surface area contributed by atoms with Gasteiger partial charge in [0, 0.05) is 18.2 Å². The van der Waals surface area contributed by atoms with Crippen molar-refractivity contribution in [1.82, 2.24) is 21.1 Å². The van der Waals surface area contributed by atoms with E-state index in [9.17, 15) is 4.79 Å². The van der Waals surface area contributed by atoms with Crippen LogP contribution in [0.5, 0.6) is 11.5 Å². The summed E-state index contributed by atoms with van der Waals surface area (Å²) in [5.41, 5.74) is 5.61. The van der Waals surface area contributed by atoms with Crippen molar-refractivity contribution in [3.05, 3.63) is 23.8 Å². The van der Waals surface area contributed by atoms with Gasteiger partial charge < -0.3 is 19.7 Å². The number of nitrogens with one attached hydrogen (secondary N) is 3. The first-order chi connectivity index (χ1) is 11.0. The summed E-state index contributed by atoms with van der Waals surface area (Å²) in [5, 5.41) is 3.39. The number of methoxy groups -OCH3 is 2. The van der Waals surface area contributed by atoms with E-state index in [1.54, 1.807) is 18.2 Å². The van der Waals surface area contributed by atoms with Crippen LogP contribution in [0.3, 0.4) is 0 Å². The summed E-state index contributed by atoms with van der Waals surface area (Å²) in [6, 6.07) is 4.93.